The van der Waals surface area contributed by atoms with E-state index in [-0.39, 0.29) is 12.5 Å². The summed E-state index contributed by atoms with van der Waals surface area (Å²) in [6.45, 7) is 2.51. The highest BCUT2D eigenvalue weighted by Crippen LogP contribution is 2.22. The first-order valence-corrected chi connectivity index (χ1v) is 10.6. The Labute approximate surface area is 184 Å². The van der Waals surface area contributed by atoms with Crippen LogP contribution < -0.4 is 0 Å². The van der Waals surface area contributed by atoms with Gasteiger partial charge in [0, 0.05) is 25.2 Å². The molecule has 8 heteroatoms. The van der Waals surface area contributed by atoms with E-state index < -0.39 is 5.97 Å². The number of thiophene rings is 1. The van der Waals surface area contributed by atoms with Crippen molar-refractivity contribution < 1.29 is 14.3 Å². The van der Waals surface area contributed by atoms with Gasteiger partial charge in [0.1, 0.15) is 5.15 Å². The molecule has 0 aliphatic rings. The molecule has 0 atom stereocenters. The van der Waals surface area contributed by atoms with Crippen molar-refractivity contribution in [1.29, 1.82) is 0 Å². The van der Waals surface area contributed by atoms with Crippen molar-refractivity contribution in [1.82, 2.24) is 14.7 Å². The number of esters is 1. The summed E-state index contributed by atoms with van der Waals surface area (Å²) >= 11 is 8.01. The second kappa shape index (κ2) is 10.2. The number of ether oxygens (including phenoxy) is 1. The molecule has 156 valence electrons. The Hall–Kier alpha value is -2.90. The van der Waals surface area contributed by atoms with Crippen LogP contribution in [-0.4, -0.2) is 40.2 Å². The molecule has 0 fully saturated rings. The first-order valence-electron chi connectivity index (χ1n) is 9.30. The number of amides is 1. The zero-order chi connectivity index (χ0) is 21.5. The summed E-state index contributed by atoms with van der Waals surface area (Å²) in [5.41, 5.74) is 3.46. The number of halogens is 1. The molecule has 0 aliphatic carbocycles. The molecule has 6 nitrogen and oxygen atoms in total. The number of benzene rings is 1. The van der Waals surface area contributed by atoms with Gasteiger partial charge < -0.3 is 9.64 Å². The fraction of sp³-hybridized carbons (Fsp3) is 0.227. The smallest absolute Gasteiger partial charge is 0.331 e. The van der Waals surface area contributed by atoms with Crippen LogP contribution in [0.15, 0.2) is 53.2 Å². The molecular formula is C22H22ClN3O3S. The van der Waals surface area contributed by atoms with Crippen LogP contribution in [0.2, 0.25) is 5.15 Å². The minimum absolute atomic E-state index is 0.271. The average molecular weight is 444 g/mol. The van der Waals surface area contributed by atoms with Crippen LogP contribution >= 0.6 is 22.9 Å². The van der Waals surface area contributed by atoms with Crippen LogP contribution in [0.3, 0.4) is 0 Å². The summed E-state index contributed by atoms with van der Waals surface area (Å²) in [5.74, 6) is -0.883. The third kappa shape index (κ3) is 5.81. The number of rotatable bonds is 8. The standard InChI is InChI=1S/C22H22ClN3O3S/c1-16-19(22(23)26(24-16)13-17-6-4-3-5-7-17)8-9-21(28)29-14-20(27)25(2)12-18-10-11-30-15-18/h3-11,15H,12-14H2,1-2H3/b9-8+. The van der Waals surface area contributed by atoms with E-state index in [0.29, 0.717) is 29.5 Å². The van der Waals surface area contributed by atoms with Gasteiger partial charge in [0.05, 0.1) is 12.2 Å². The molecule has 1 amide bonds. The fourth-order valence-corrected chi connectivity index (χ4v) is 3.76. The highest BCUT2D eigenvalue weighted by atomic mass is 35.5. The molecule has 0 aliphatic heterocycles. The lowest BCUT2D eigenvalue weighted by Gasteiger charge is -2.15. The zero-order valence-corrected chi connectivity index (χ0v) is 18.3. The van der Waals surface area contributed by atoms with Crippen LogP contribution in [0.25, 0.3) is 6.08 Å². The van der Waals surface area contributed by atoms with Crippen molar-refractivity contribution in [3.05, 3.63) is 80.8 Å². The minimum Gasteiger partial charge on any atom is -0.452 e. The molecule has 0 N–H and O–H groups in total. The number of likely N-dealkylation sites (N-methyl/N-ethyl adjacent to an activating group) is 1. The van der Waals surface area contributed by atoms with E-state index in [4.69, 9.17) is 16.3 Å². The van der Waals surface area contributed by atoms with Crippen molar-refractivity contribution in [2.24, 2.45) is 0 Å². The highest BCUT2D eigenvalue weighted by Gasteiger charge is 2.14. The molecule has 3 rings (SSSR count). The van der Waals surface area contributed by atoms with Crippen molar-refractivity contribution in [2.75, 3.05) is 13.7 Å². The monoisotopic (exact) mass is 443 g/mol. The largest absolute Gasteiger partial charge is 0.452 e. The third-order valence-electron chi connectivity index (χ3n) is 4.43. The topological polar surface area (TPSA) is 64.4 Å². The van der Waals surface area contributed by atoms with Crippen molar-refractivity contribution in [2.45, 2.75) is 20.0 Å². The lowest BCUT2D eigenvalue weighted by atomic mass is 10.2. The second-order valence-corrected chi connectivity index (χ2v) is 7.89. The molecule has 2 aromatic heterocycles. The summed E-state index contributed by atoms with van der Waals surface area (Å²) in [5, 5.41) is 8.80. The van der Waals surface area contributed by atoms with Gasteiger partial charge in [-0.2, -0.15) is 16.4 Å². The number of aryl methyl sites for hydroxylation is 1. The van der Waals surface area contributed by atoms with Gasteiger partial charge in [-0.25, -0.2) is 9.48 Å². The molecule has 0 unspecified atom stereocenters. The van der Waals surface area contributed by atoms with E-state index in [9.17, 15) is 9.59 Å². The van der Waals surface area contributed by atoms with E-state index in [1.165, 1.54) is 11.0 Å². The Balaban J connectivity index is 1.55. The van der Waals surface area contributed by atoms with Crippen LogP contribution in [0.1, 0.15) is 22.4 Å². The number of aromatic nitrogens is 2. The highest BCUT2D eigenvalue weighted by molar-refractivity contribution is 7.07. The number of nitrogens with zero attached hydrogens (tertiary/aromatic N) is 3. The van der Waals surface area contributed by atoms with Crippen molar-refractivity contribution >= 4 is 40.9 Å². The molecule has 1 aromatic carbocycles. The number of hydrogen-bond donors (Lipinski definition) is 0. The average Bonchev–Trinajstić information content (AvgIpc) is 3.33. The second-order valence-electron chi connectivity index (χ2n) is 6.76. The van der Waals surface area contributed by atoms with Crippen molar-refractivity contribution in [3.8, 4) is 0 Å². The van der Waals surface area contributed by atoms with Crippen LogP contribution in [-0.2, 0) is 27.4 Å². The summed E-state index contributed by atoms with van der Waals surface area (Å²) in [7, 11) is 1.67. The summed E-state index contributed by atoms with van der Waals surface area (Å²) < 4.78 is 6.74. The van der Waals surface area contributed by atoms with Crippen molar-refractivity contribution in [3.63, 3.8) is 0 Å². The molecule has 0 saturated heterocycles. The van der Waals surface area contributed by atoms with Gasteiger partial charge in [0.25, 0.3) is 5.91 Å². The van der Waals surface area contributed by atoms with Gasteiger partial charge in [-0.1, -0.05) is 41.9 Å². The molecule has 0 spiro atoms. The van der Waals surface area contributed by atoms with Gasteiger partial charge in [-0.3, -0.25) is 4.79 Å². The number of hydrogen-bond acceptors (Lipinski definition) is 5. The normalized spacial score (nSPS) is 11.0. The maximum absolute atomic E-state index is 12.1. The zero-order valence-electron chi connectivity index (χ0n) is 16.7. The van der Waals surface area contributed by atoms with Gasteiger partial charge in [0.15, 0.2) is 6.61 Å². The first kappa shape index (κ1) is 21.8. The molecule has 2 heterocycles. The van der Waals surface area contributed by atoms with E-state index in [0.717, 1.165) is 11.1 Å². The Morgan fingerprint density at radius 2 is 2.00 bits per heavy atom. The van der Waals surface area contributed by atoms with Gasteiger partial charge in [0.2, 0.25) is 0 Å². The summed E-state index contributed by atoms with van der Waals surface area (Å²) in [4.78, 5) is 25.7. The number of carbonyl (C=O) groups is 2. The number of carbonyl (C=O) groups excluding carboxylic acids is 2. The predicted molar refractivity (Wildman–Crippen MR) is 118 cm³/mol. The van der Waals surface area contributed by atoms with E-state index in [1.54, 1.807) is 29.1 Å². The molecule has 0 saturated carbocycles. The maximum atomic E-state index is 12.1. The Bertz CT molecular complexity index is 1030. The Morgan fingerprint density at radius 3 is 2.70 bits per heavy atom. The quantitative estimate of drug-likeness (QED) is 0.387. The van der Waals surface area contributed by atoms with Gasteiger partial charge in [-0.15, -0.1) is 0 Å². The SMILES string of the molecule is Cc1nn(Cc2ccccc2)c(Cl)c1/C=C/C(=O)OCC(=O)N(C)Cc1ccsc1. The van der Waals surface area contributed by atoms with Crippen LogP contribution in [0.4, 0.5) is 0 Å². The lowest BCUT2D eigenvalue weighted by molar-refractivity contribution is -0.147. The van der Waals surface area contributed by atoms with Crippen LogP contribution in [0, 0.1) is 6.92 Å². The fourth-order valence-electron chi connectivity index (χ4n) is 2.80. The predicted octanol–water partition coefficient (Wildman–Crippen LogP) is 4.17. The molecule has 0 bridgehead atoms. The summed E-state index contributed by atoms with van der Waals surface area (Å²) in [6.07, 6.45) is 2.82. The lowest BCUT2D eigenvalue weighted by Crippen LogP contribution is -2.30. The Kier molecular flexibility index (Phi) is 7.43. The van der Waals surface area contributed by atoms with Gasteiger partial charge >= 0.3 is 5.97 Å². The van der Waals surface area contributed by atoms with Crippen LogP contribution in [0.5, 0.6) is 0 Å². The third-order valence-corrected chi connectivity index (χ3v) is 5.56. The first-order chi connectivity index (χ1) is 14.4. The minimum atomic E-state index is -0.612. The molecular weight excluding hydrogens is 422 g/mol. The summed E-state index contributed by atoms with van der Waals surface area (Å²) in [6, 6.07) is 11.8. The van der Waals surface area contributed by atoms with E-state index in [2.05, 4.69) is 5.10 Å². The van der Waals surface area contributed by atoms with E-state index >= 15 is 0 Å². The van der Waals surface area contributed by atoms with Gasteiger partial charge in [-0.05, 0) is 41.0 Å². The maximum Gasteiger partial charge on any atom is 0.331 e. The molecule has 3 aromatic rings. The molecule has 0 radical (unpaired) electrons. The molecule has 30 heavy (non-hydrogen) atoms. The Morgan fingerprint density at radius 1 is 1.23 bits per heavy atom. The van der Waals surface area contributed by atoms with E-state index in [1.807, 2.05) is 54.1 Å².